The smallest absolute Gasteiger partial charge is 0.265 e. The van der Waals surface area contributed by atoms with Crippen LogP contribution < -0.4 is 15.6 Å². The van der Waals surface area contributed by atoms with Gasteiger partial charge < -0.3 is 9.47 Å². The fourth-order valence-electron chi connectivity index (χ4n) is 2.46. The molecular formula is C18H29BrN2O3. The van der Waals surface area contributed by atoms with Gasteiger partial charge >= 0.3 is 0 Å². The number of hydrogen-bond donors (Lipinski definition) is 2. The Morgan fingerprint density at radius 3 is 2.50 bits per heavy atom. The van der Waals surface area contributed by atoms with E-state index in [4.69, 9.17) is 9.47 Å². The van der Waals surface area contributed by atoms with Crippen molar-refractivity contribution >= 4 is 21.8 Å². The fourth-order valence-corrected chi connectivity index (χ4v) is 3.00. The zero-order chi connectivity index (χ0) is 18.3. The number of carbonyl (C=O) groups is 1. The number of amides is 1. The average Bonchev–Trinajstić information content (AvgIpc) is 2.49. The Morgan fingerprint density at radius 2 is 1.96 bits per heavy atom. The first-order valence-electron chi connectivity index (χ1n) is 8.19. The SMILES string of the molecule is CCC(NNC(=O)c1ccc(Br)c(OCCOC)c1C)C(C)(C)C. The first kappa shape index (κ1) is 20.9. The van der Waals surface area contributed by atoms with Crippen LogP contribution in [0.3, 0.4) is 0 Å². The second-order valence-corrected chi connectivity index (χ2v) is 7.67. The van der Waals surface area contributed by atoms with E-state index in [0.717, 1.165) is 16.5 Å². The van der Waals surface area contributed by atoms with Gasteiger partial charge in [-0.2, -0.15) is 0 Å². The molecule has 0 saturated heterocycles. The maximum absolute atomic E-state index is 12.5. The summed E-state index contributed by atoms with van der Waals surface area (Å²) in [5, 5.41) is 0. The lowest BCUT2D eigenvalue weighted by molar-refractivity contribution is 0.0904. The molecule has 1 aromatic carbocycles. The molecule has 1 aromatic rings. The molecular weight excluding hydrogens is 372 g/mol. The quantitative estimate of drug-likeness (QED) is 0.513. The van der Waals surface area contributed by atoms with E-state index in [1.807, 2.05) is 13.0 Å². The lowest BCUT2D eigenvalue weighted by Crippen LogP contribution is -2.49. The van der Waals surface area contributed by atoms with Gasteiger partial charge in [0.1, 0.15) is 12.4 Å². The molecule has 1 rings (SSSR count). The highest BCUT2D eigenvalue weighted by Gasteiger charge is 2.24. The van der Waals surface area contributed by atoms with Crippen LogP contribution in [0.4, 0.5) is 0 Å². The zero-order valence-electron chi connectivity index (χ0n) is 15.5. The van der Waals surface area contributed by atoms with E-state index in [2.05, 4.69) is 54.5 Å². The van der Waals surface area contributed by atoms with E-state index in [-0.39, 0.29) is 17.4 Å². The molecule has 0 bridgehead atoms. The molecule has 0 aromatic heterocycles. The number of halogens is 1. The Balaban J connectivity index is 2.85. The van der Waals surface area contributed by atoms with Crippen LogP contribution in [-0.2, 0) is 4.74 Å². The molecule has 0 saturated carbocycles. The van der Waals surface area contributed by atoms with Crippen molar-refractivity contribution in [2.45, 2.75) is 47.1 Å². The third-order valence-corrected chi connectivity index (χ3v) is 4.57. The summed E-state index contributed by atoms with van der Waals surface area (Å²) in [4.78, 5) is 12.5. The molecule has 0 aliphatic heterocycles. The molecule has 1 unspecified atom stereocenters. The molecule has 2 N–H and O–H groups in total. The van der Waals surface area contributed by atoms with Crippen LogP contribution >= 0.6 is 15.9 Å². The lowest BCUT2D eigenvalue weighted by Gasteiger charge is -2.30. The molecule has 24 heavy (non-hydrogen) atoms. The summed E-state index contributed by atoms with van der Waals surface area (Å²) < 4.78 is 11.5. The van der Waals surface area contributed by atoms with Crippen LogP contribution in [0.5, 0.6) is 5.75 Å². The summed E-state index contributed by atoms with van der Waals surface area (Å²) in [5.74, 6) is 0.502. The number of hydrogen-bond acceptors (Lipinski definition) is 4. The fraction of sp³-hybridized carbons (Fsp3) is 0.611. The highest BCUT2D eigenvalue weighted by Crippen LogP contribution is 2.31. The van der Waals surface area contributed by atoms with Crippen molar-refractivity contribution in [3.8, 4) is 5.75 Å². The monoisotopic (exact) mass is 400 g/mol. The molecule has 0 radical (unpaired) electrons. The molecule has 0 fully saturated rings. The van der Waals surface area contributed by atoms with Crippen molar-refractivity contribution in [3.63, 3.8) is 0 Å². The van der Waals surface area contributed by atoms with E-state index in [0.29, 0.717) is 24.5 Å². The molecule has 0 aliphatic carbocycles. The van der Waals surface area contributed by atoms with E-state index >= 15 is 0 Å². The number of hydrazine groups is 1. The van der Waals surface area contributed by atoms with Crippen molar-refractivity contribution in [1.82, 2.24) is 10.9 Å². The number of methoxy groups -OCH3 is 1. The minimum Gasteiger partial charge on any atom is -0.490 e. The summed E-state index contributed by atoms with van der Waals surface area (Å²) in [6.07, 6.45) is 0.925. The van der Waals surface area contributed by atoms with Crippen LogP contribution in [-0.4, -0.2) is 32.3 Å². The summed E-state index contributed by atoms with van der Waals surface area (Å²) >= 11 is 3.47. The Kier molecular flexibility index (Phi) is 8.19. The normalized spacial score (nSPS) is 12.8. The van der Waals surface area contributed by atoms with Crippen LogP contribution in [0.15, 0.2) is 16.6 Å². The van der Waals surface area contributed by atoms with E-state index in [1.165, 1.54) is 0 Å². The zero-order valence-corrected chi connectivity index (χ0v) is 17.0. The molecule has 0 aliphatic rings. The highest BCUT2D eigenvalue weighted by molar-refractivity contribution is 9.10. The number of carbonyl (C=O) groups excluding carboxylic acids is 1. The van der Waals surface area contributed by atoms with Gasteiger partial charge in [-0.05, 0) is 46.8 Å². The van der Waals surface area contributed by atoms with Crippen LogP contribution in [0.2, 0.25) is 0 Å². The molecule has 6 heteroatoms. The van der Waals surface area contributed by atoms with Gasteiger partial charge in [-0.3, -0.25) is 10.2 Å². The Labute approximate surface area is 153 Å². The highest BCUT2D eigenvalue weighted by atomic mass is 79.9. The Hall–Kier alpha value is -1.11. The van der Waals surface area contributed by atoms with Gasteiger partial charge in [0, 0.05) is 24.3 Å². The minimum atomic E-state index is -0.167. The molecule has 1 amide bonds. The van der Waals surface area contributed by atoms with Gasteiger partial charge in [0.2, 0.25) is 0 Å². The number of rotatable bonds is 8. The predicted molar refractivity (Wildman–Crippen MR) is 100 cm³/mol. The molecule has 136 valence electrons. The Morgan fingerprint density at radius 1 is 1.29 bits per heavy atom. The van der Waals surface area contributed by atoms with E-state index in [1.54, 1.807) is 13.2 Å². The van der Waals surface area contributed by atoms with Crippen molar-refractivity contribution in [1.29, 1.82) is 0 Å². The summed E-state index contributed by atoms with van der Waals surface area (Å²) in [6, 6.07) is 3.80. The number of nitrogens with one attached hydrogen (secondary N) is 2. The summed E-state index contributed by atoms with van der Waals surface area (Å²) in [7, 11) is 1.63. The molecule has 0 spiro atoms. The topological polar surface area (TPSA) is 59.6 Å². The summed E-state index contributed by atoms with van der Waals surface area (Å²) in [6.45, 7) is 11.3. The first-order valence-corrected chi connectivity index (χ1v) is 8.98. The molecule has 5 nitrogen and oxygen atoms in total. The number of ether oxygens (including phenoxy) is 2. The molecule has 0 heterocycles. The second kappa shape index (κ2) is 9.39. The van der Waals surface area contributed by atoms with Crippen molar-refractivity contribution in [3.05, 3.63) is 27.7 Å². The third-order valence-electron chi connectivity index (χ3n) is 3.95. The van der Waals surface area contributed by atoms with Gasteiger partial charge in [-0.15, -0.1) is 0 Å². The first-order chi connectivity index (χ1) is 11.2. The van der Waals surface area contributed by atoms with Gasteiger partial charge in [0.15, 0.2) is 0 Å². The third kappa shape index (κ3) is 5.76. The maximum atomic E-state index is 12.5. The minimum absolute atomic E-state index is 0.0607. The van der Waals surface area contributed by atoms with Crippen LogP contribution in [0, 0.1) is 12.3 Å². The van der Waals surface area contributed by atoms with Gasteiger partial charge in [-0.25, -0.2) is 5.43 Å². The largest absolute Gasteiger partial charge is 0.490 e. The lowest BCUT2D eigenvalue weighted by atomic mass is 9.86. The molecule has 1 atom stereocenters. The van der Waals surface area contributed by atoms with Crippen LogP contribution in [0.25, 0.3) is 0 Å². The van der Waals surface area contributed by atoms with Gasteiger partial charge in [-0.1, -0.05) is 27.7 Å². The second-order valence-electron chi connectivity index (χ2n) is 6.82. The van der Waals surface area contributed by atoms with Crippen molar-refractivity contribution in [2.75, 3.05) is 20.3 Å². The van der Waals surface area contributed by atoms with Crippen molar-refractivity contribution in [2.24, 2.45) is 5.41 Å². The van der Waals surface area contributed by atoms with Crippen molar-refractivity contribution < 1.29 is 14.3 Å². The number of benzene rings is 1. The Bertz CT molecular complexity index is 556. The van der Waals surface area contributed by atoms with Gasteiger partial charge in [0.25, 0.3) is 5.91 Å². The predicted octanol–water partition coefficient (Wildman–Crippen LogP) is 3.84. The van der Waals surface area contributed by atoms with E-state index in [9.17, 15) is 4.79 Å². The van der Waals surface area contributed by atoms with E-state index < -0.39 is 0 Å². The van der Waals surface area contributed by atoms with Gasteiger partial charge in [0.05, 0.1) is 11.1 Å². The standard InChI is InChI=1S/C18H29BrN2O3/c1-7-15(18(3,4)5)20-21-17(22)13-8-9-14(19)16(12(13)2)24-11-10-23-6/h8-9,15,20H,7,10-11H2,1-6H3,(H,21,22). The van der Waals surface area contributed by atoms with Crippen LogP contribution in [0.1, 0.15) is 50.0 Å². The average molecular weight is 401 g/mol. The summed E-state index contributed by atoms with van der Waals surface area (Å²) in [5.41, 5.74) is 7.42. The maximum Gasteiger partial charge on any atom is 0.265 e.